The Balaban J connectivity index is 2.07. The molecule has 0 saturated carbocycles. The number of alkyl halides is 4. The van der Waals surface area contributed by atoms with Gasteiger partial charge in [-0.3, -0.25) is 14.3 Å². The third-order valence-corrected chi connectivity index (χ3v) is 5.77. The van der Waals surface area contributed by atoms with Gasteiger partial charge in [-0.1, -0.05) is 17.7 Å². The van der Waals surface area contributed by atoms with Crippen molar-refractivity contribution < 1.29 is 27.1 Å². The Kier molecular flexibility index (Phi) is 6.54. The summed E-state index contributed by atoms with van der Waals surface area (Å²) in [6.07, 6.45) is -4.64. The standard InChI is InChI=1S/C21H14ClF5N6O3/c22-11-5-10(1-2-12(11)23)15-17(31-8-21(36,9-31)19(26)27)32(4-3-28)20(35)33(18(15)34)14-7-29-6-13(30-14)16(24)25/h1-2,5-7,16,19,36H,4,8-9H2. The smallest absolute Gasteiger partial charge is 0.339 e. The molecule has 0 spiro atoms. The van der Waals surface area contributed by atoms with Crippen LogP contribution in [0.4, 0.5) is 27.8 Å². The van der Waals surface area contributed by atoms with Crippen molar-refractivity contribution in [3.63, 3.8) is 0 Å². The largest absolute Gasteiger partial charge is 0.380 e. The number of halogens is 6. The lowest BCUT2D eigenvalue weighted by Gasteiger charge is -2.47. The number of rotatable bonds is 6. The quantitative estimate of drug-likeness (QED) is 0.489. The van der Waals surface area contributed by atoms with Crippen molar-refractivity contribution >= 4 is 17.4 Å². The number of hydrogen-bond acceptors (Lipinski definition) is 7. The van der Waals surface area contributed by atoms with Gasteiger partial charge in [0.15, 0.2) is 11.4 Å². The molecule has 15 heteroatoms. The third-order valence-electron chi connectivity index (χ3n) is 5.48. The Bertz CT molecular complexity index is 1500. The third kappa shape index (κ3) is 4.20. The average molecular weight is 529 g/mol. The molecule has 1 fully saturated rings. The molecule has 1 aliphatic rings. The van der Waals surface area contributed by atoms with E-state index < -0.39 is 77.3 Å². The lowest BCUT2D eigenvalue weighted by Crippen LogP contribution is -2.67. The first kappa shape index (κ1) is 25.3. The first-order valence-corrected chi connectivity index (χ1v) is 10.4. The first-order chi connectivity index (χ1) is 17.0. The van der Waals surface area contributed by atoms with Crippen molar-refractivity contribution in [3.05, 3.63) is 68.0 Å². The highest BCUT2D eigenvalue weighted by atomic mass is 35.5. The van der Waals surface area contributed by atoms with Gasteiger partial charge in [-0.25, -0.2) is 36.3 Å². The van der Waals surface area contributed by atoms with Crippen molar-refractivity contribution in [3.8, 4) is 23.0 Å². The van der Waals surface area contributed by atoms with Gasteiger partial charge in [0.1, 0.15) is 23.9 Å². The van der Waals surface area contributed by atoms with Crippen molar-refractivity contribution in [1.82, 2.24) is 19.1 Å². The second kappa shape index (κ2) is 9.32. The maximum absolute atomic E-state index is 13.8. The van der Waals surface area contributed by atoms with Crippen LogP contribution in [0.25, 0.3) is 16.9 Å². The van der Waals surface area contributed by atoms with Gasteiger partial charge < -0.3 is 10.0 Å². The summed E-state index contributed by atoms with van der Waals surface area (Å²) in [4.78, 5) is 35.2. The van der Waals surface area contributed by atoms with E-state index in [0.29, 0.717) is 4.57 Å². The lowest BCUT2D eigenvalue weighted by atomic mass is 9.93. The summed E-state index contributed by atoms with van der Waals surface area (Å²) in [5, 5.41) is 19.0. The Hall–Kier alpha value is -3.83. The minimum atomic E-state index is -3.15. The van der Waals surface area contributed by atoms with E-state index in [2.05, 4.69) is 9.97 Å². The van der Waals surface area contributed by atoms with Crippen LogP contribution in [-0.2, 0) is 6.54 Å². The fraction of sp³-hybridized carbons (Fsp3) is 0.286. The van der Waals surface area contributed by atoms with E-state index in [1.807, 2.05) is 0 Å². The van der Waals surface area contributed by atoms with Crippen LogP contribution >= 0.6 is 11.6 Å². The molecule has 0 radical (unpaired) electrons. The van der Waals surface area contributed by atoms with Crippen LogP contribution in [0.15, 0.2) is 40.2 Å². The molecule has 3 aromatic rings. The number of nitriles is 1. The van der Waals surface area contributed by atoms with E-state index in [1.165, 1.54) is 0 Å². The summed E-state index contributed by atoms with van der Waals surface area (Å²) < 4.78 is 67.9. The molecule has 0 aliphatic carbocycles. The molecule has 9 nitrogen and oxygen atoms in total. The normalized spacial score (nSPS) is 14.7. The van der Waals surface area contributed by atoms with Gasteiger partial charge in [-0.2, -0.15) is 5.26 Å². The van der Waals surface area contributed by atoms with Crippen LogP contribution in [0.3, 0.4) is 0 Å². The average Bonchev–Trinajstić information content (AvgIpc) is 2.81. The van der Waals surface area contributed by atoms with Crippen molar-refractivity contribution in [1.29, 1.82) is 5.26 Å². The van der Waals surface area contributed by atoms with Crippen molar-refractivity contribution in [2.75, 3.05) is 18.0 Å². The molecule has 36 heavy (non-hydrogen) atoms. The molecule has 188 valence electrons. The summed E-state index contributed by atoms with van der Waals surface area (Å²) in [7, 11) is 0. The van der Waals surface area contributed by atoms with Crippen LogP contribution < -0.4 is 16.1 Å². The molecule has 1 aliphatic heterocycles. The van der Waals surface area contributed by atoms with Crippen LogP contribution in [0.5, 0.6) is 0 Å². The van der Waals surface area contributed by atoms with Gasteiger partial charge in [0.25, 0.3) is 18.4 Å². The second-order valence-electron chi connectivity index (χ2n) is 7.86. The molecule has 3 heterocycles. The highest BCUT2D eigenvalue weighted by molar-refractivity contribution is 6.31. The van der Waals surface area contributed by atoms with Crippen LogP contribution in [0.2, 0.25) is 5.02 Å². The van der Waals surface area contributed by atoms with Crippen LogP contribution in [0, 0.1) is 17.1 Å². The van der Waals surface area contributed by atoms with E-state index in [0.717, 1.165) is 40.1 Å². The fourth-order valence-electron chi connectivity index (χ4n) is 3.77. The molecule has 0 atom stereocenters. The minimum Gasteiger partial charge on any atom is -0.380 e. The SMILES string of the molecule is N#CCn1c(N2CC(O)(C(F)F)C2)c(-c2ccc(F)c(Cl)c2)c(=O)n(-c2cncc(C(F)F)n2)c1=O. The summed E-state index contributed by atoms with van der Waals surface area (Å²) in [5.41, 5.74) is -6.12. The monoisotopic (exact) mass is 528 g/mol. The molecular formula is C21H14ClF5N6O3. The number of benzene rings is 1. The van der Waals surface area contributed by atoms with E-state index in [4.69, 9.17) is 11.6 Å². The Labute approximate surface area is 203 Å². The zero-order chi connectivity index (χ0) is 26.4. The van der Waals surface area contributed by atoms with Gasteiger partial charge >= 0.3 is 5.69 Å². The zero-order valence-corrected chi connectivity index (χ0v) is 18.6. The minimum absolute atomic E-state index is 0.0766. The van der Waals surface area contributed by atoms with Crippen LogP contribution in [-0.4, -0.2) is 49.3 Å². The summed E-state index contributed by atoms with van der Waals surface area (Å²) in [6, 6.07) is 4.77. The number of aromatic nitrogens is 4. The second-order valence-corrected chi connectivity index (χ2v) is 8.27. The topological polar surface area (TPSA) is 117 Å². The highest BCUT2D eigenvalue weighted by Crippen LogP contribution is 2.37. The van der Waals surface area contributed by atoms with E-state index >= 15 is 0 Å². The van der Waals surface area contributed by atoms with Crippen LogP contribution in [0.1, 0.15) is 12.1 Å². The highest BCUT2D eigenvalue weighted by Gasteiger charge is 2.50. The Morgan fingerprint density at radius 3 is 2.47 bits per heavy atom. The summed E-state index contributed by atoms with van der Waals surface area (Å²) in [6.45, 7) is -2.12. The molecule has 2 aromatic heterocycles. The van der Waals surface area contributed by atoms with Gasteiger partial charge in [-0.05, 0) is 17.7 Å². The predicted octanol–water partition coefficient (Wildman–Crippen LogP) is 2.53. The number of nitrogens with zero attached hydrogens (tertiary/aromatic N) is 6. The molecule has 1 N–H and O–H groups in total. The number of aliphatic hydroxyl groups is 1. The molecule has 1 aromatic carbocycles. The van der Waals surface area contributed by atoms with Gasteiger partial charge in [0.05, 0.1) is 42.1 Å². The van der Waals surface area contributed by atoms with E-state index in [9.17, 15) is 41.9 Å². The van der Waals surface area contributed by atoms with Gasteiger partial charge in [0.2, 0.25) is 0 Å². The van der Waals surface area contributed by atoms with E-state index in [1.54, 1.807) is 6.07 Å². The molecular weight excluding hydrogens is 515 g/mol. The molecule has 0 bridgehead atoms. The molecule has 4 rings (SSSR count). The van der Waals surface area contributed by atoms with Crippen molar-refractivity contribution in [2.45, 2.75) is 25.0 Å². The predicted molar refractivity (Wildman–Crippen MR) is 116 cm³/mol. The number of anilines is 1. The Morgan fingerprint density at radius 2 is 1.89 bits per heavy atom. The maximum Gasteiger partial charge on any atom is 0.339 e. The summed E-state index contributed by atoms with van der Waals surface area (Å²) in [5.74, 6) is -1.77. The van der Waals surface area contributed by atoms with Crippen molar-refractivity contribution in [2.24, 2.45) is 0 Å². The fourth-order valence-corrected chi connectivity index (χ4v) is 3.96. The summed E-state index contributed by atoms with van der Waals surface area (Å²) >= 11 is 5.86. The number of hydrogen-bond donors (Lipinski definition) is 1. The maximum atomic E-state index is 13.8. The molecule has 0 amide bonds. The van der Waals surface area contributed by atoms with Gasteiger partial charge in [-0.15, -0.1) is 0 Å². The molecule has 0 unspecified atom stereocenters. The lowest BCUT2D eigenvalue weighted by molar-refractivity contribution is -0.112. The Morgan fingerprint density at radius 1 is 1.19 bits per heavy atom. The van der Waals surface area contributed by atoms with Gasteiger partial charge in [0, 0.05) is 0 Å². The van der Waals surface area contributed by atoms with E-state index in [-0.39, 0.29) is 11.4 Å². The number of β-amino-alcohol motifs (C(OH)–C–C–N with tert-alkyl or cyclic N) is 1. The first-order valence-electron chi connectivity index (χ1n) is 10.1. The molecule has 1 saturated heterocycles. The zero-order valence-electron chi connectivity index (χ0n) is 17.9.